The van der Waals surface area contributed by atoms with E-state index in [0.29, 0.717) is 0 Å². The maximum absolute atomic E-state index is 12.0. The van der Waals surface area contributed by atoms with Crippen molar-refractivity contribution in [2.75, 3.05) is 6.54 Å². The molecule has 4 unspecified atom stereocenters. The van der Waals surface area contributed by atoms with Crippen molar-refractivity contribution >= 4 is 11.8 Å². The van der Waals surface area contributed by atoms with E-state index in [9.17, 15) is 9.59 Å². The van der Waals surface area contributed by atoms with E-state index in [4.69, 9.17) is 5.73 Å². The van der Waals surface area contributed by atoms with Gasteiger partial charge in [0.05, 0.1) is 6.54 Å². The molecule has 0 aliphatic heterocycles. The second-order valence-corrected chi connectivity index (χ2v) is 6.85. The maximum atomic E-state index is 12.0. The fourth-order valence-electron chi connectivity index (χ4n) is 4.55. The first kappa shape index (κ1) is 12.9. The molecule has 4 nitrogen and oxygen atoms in total. The maximum Gasteiger partial charge on any atom is 0.236 e. The van der Waals surface area contributed by atoms with Gasteiger partial charge in [-0.2, -0.15) is 0 Å². The van der Waals surface area contributed by atoms with Crippen LogP contribution in [0.5, 0.6) is 0 Å². The van der Waals surface area contributed by atoms with Crippen LogP contribution in [0.2, 0.25) is 0 Å². The number of carbonyl (C=O) groups is 2. The molecule has 3 fully saturated rings. The Kier molecular flexibility index (Phi) is 3.27. The molecule has 106 valence electrons. The first-order chi connectivity index (χ1) is 9.11. The Labute approximate surface area is 114 Å². The minimum Gasteiger partial charge on any atom is -0.368 e. The van der Waals surface area contributed by atoms with Gasteiger partial charge in [0.1, 0.15) is 0 Å². The Morgan fingerprint density at radius 2 is 1.84 bits per heavy atom. The molecule has 19 heavy (non-hydrogen) atoms. The minimum atomic E-state index is -0.459. The molecular weight excluding hydrogens is 240 g/mol. The highest BCUT2D eigenvalue weighted by Crippen LogP contribution is 2.64. The van der Waals surface area contributed by atoms with Crippen LogP contribution in [-0.2, 0) is 9.59 Å². The molecule has 3 N–H and O–H groups in total. The number of primary amides is 1. The van der Waals surface area contributed by atoms with Crippen molar-refractivity contribution in [2.45, 2.75) is 51.4 Å². The Hall–Kier alpha value is -1.06. The van der Waals surface area contributed by atoms with E-state index in [0.717, 1.165) is 18.3 Å². The molecule has 4 atom stereocenters. The van der Waals surface area contributed by atoms with Crippen molar-refractivity contribution in [3.63, 3.8) is 0 Å². The lowest BCUT2D eigenvalue weighted by Gasteiger charge is -2.40. The Bertz CT molecular complexity index is 396. The second-order valence-electron chi connectivity index (χ2n) is 6.85. The molecule has 3 saturated carbocycles. The Morgan fingerprint density at radius 1 is 1.11 bits per heavy atom. The van der Waals surface area contributed by atoms with Gasteiger partial charge in [0.25, 0.3) is 0 Å². The molecule has 3 aliphatic rings. The topological polar surface area (TPSA) is 72.2 Å². The van der Waals surface area contributed by atoms with Crippen LogP contribution in [0, 0.1) is 23.2 Å². The van der Waals surface area contributed by atoms with Crippen LogP contribution in [0.1, 0.15) is 51.4 Å². The van der Waals surface area contributed by atoms with Gasteiger partial charge in [-0.25, -0.2) is 0 Å². The van der Waals surface area contributed by atoms with Crippen molar-refractivity contribution in [3.05, 3.63) is 0 Å². The molecule has 1 spiro atoms. The van der Waals surface area contributed by atoms with Gasteiger partial charge in [-0.05, 0) is 42.9 Å². The van der Waals surface area contributed by atoms with Crippen molar-refractivity contribution in [2.24, 2.45) is 28.9 Å². The lowest BCUT2D eigenvalue weighted by molar-refractivity contribution is -0.126. The zero-order chi connectivity index (χ0) is 13.5. The summed E-state index contributed by atoms with van der Waals surface area (Å²) in [6, 6.07) is 0. The highest BCUT2D eigenvalue weighted by molar-refractivity contribution is 5.87. The van der Waals surface area contributed by atoms with Gasteiger partial charge in [-0.3, -0.25) is 9.59 Å². The van der Waals surface area contributed by atoms with Gasteiger partial charge in [0, 0.05) is 5.92 Å². The highest BCUT2D eigenvalue weighted by atomic mass is 16.2. The van der Waals surface area contributed by atoms with E-state index in [2.05, 4.69) is 5.32 Å². The number of amides is 2. The number of nitrogens with one attached hydrogen (secondary N) is 1. The summed E-state index contributed by atoms with van der Waals surface area (Å²) in [5.41, 5.74) is 5.34. The van der Waals surface area contributed by atoms with Gasteiger partial charge < -0.3 is 11.1 Å². The monoisotopic (exact) mass is 264 g/mol. The first-order valence-electron chi connectivity index (χ1n) is 7.67. The molecule has 0 heterocycles. The fourth-order valence-corrected chi connectivity index (χ4v) is 4.55. The fraction of sp³-hybridized carbons (Fsp3) is 0.867. The van der Waals surface area contributed by atoms with Crippen molar-refractivity contribution in [1.29, 1.82) is 0 Å². The quantitative estimate of drug-likeness (QED) is 0.812. The number of nitrogens with two attached hydrogens (primary N) is 1. The summed E-state index contributed by atoms with van der Waals surface area (Å²) in [6.45, 7) is -0.0164. The van der Waals surface area contributed by atoms with Crippen molar-refractivity contribution in [1.82, 2.24) is 5.32 Å². The predicted molar refractivity (Wildman–Crippen MR) is 72.0 cm³/mol. The standard InChI is InChI=1S/C15H24N2O2/c16-13(18)9-17-14(19)12-8-15(12)6-5-10-3-1-2-4-11(10)7-15/h10-12H,1-9H2,(H2,16,18)(H,17,19). The summed E-state index contributed by atoms with van der Waals surface area (Å²) in [6.07, 6.45) is 10.3. The van der Waals surface area contributed by atoms with Crippen LogP contribution in [-0.4, -0.2) is 18.4 Å². The van der Waals surface area contributed by atoms with E-state index in [-0.39, 0.29) is 23.8 Å². The molecule has 0 aromatic carbocycles. The first-order valence-corrected chi connectivity index (χ1v) is 7.67. The predicted octanol–water partition coefficient (Wildman–Crippen LogP) is 1.58. The summed E-state index contributed by atoms with van der Waals surface area (Å²) in [5, 5.41) is 2.67. The molecule has 4 heteroatoms. The number of fused-ring (bicyclic) bond motifs is 1. The van der Waals surface area contributed by atoms with Crippen LogP contribution >= 0.6 is 0 Å². The Balaban J connectivity index is 1.55. The smallest absolute Gasteiger partial charge is 0.236 e. The largest absolute Gasteiger partial charge is 0.368 e. The van der Waals surface area contributed by atoms with Gasteiger partial charge in [0.2, 0.25) is 11.8 Å². The number of carbonyl (C=O) groups excluding carboxylic acids is 2. The number of hydrogen-bond donors (Lipinski definition) is 2. The SMILES string of the molecule is NC(=O)CNC(=O)C1CC12CCC1CCCCC1C2. The average molecular weight is 264 g/mol. The van der Waals surface area contributed by atoms with Crippen LogP contribution in [0.3, 0.4) is 0 Å². The summed E-state index contributed by atoms with van der Waals surface area (Å²) >= 11 is 0. The number of rotatable bonds is 3. The molecule has 3 rings (SSSR count). The van der Waals surface area contributed by atoms with E-state index in [1.807, 2.05) is 0 Å². The third-order valence-electron chi connectivity index (χ3n) is 5.69. The summed E-state index contributed by atoms with van der Waals surface area (Å²) in [5.74, 6) is 1.52. The van der Waals surface area contributed by atoms with E-state index in [1.165, 1.54) is 44.9 Å². The third-order valence-corrected chi connectivity index (χ3v) is 5.69. The van der Waals surface area contributed by atoms with E-state index in [1.54, 1.807) is 0 Å². The van der Waals surface area contributed by atoms with Crippen molar-refractivity contribution in [3.8, 4) is 0 Å². The van der Waals surface area contributed by atoms with Crippen LogP contribution in [0.4, 0.5) is 0 Å². The zero-order valence-corrected chi connectivity index (χ0v) is 11.5. The molecular formula is C15H24N2O2. The molecule has 3 aliphatic carbocycles. The molecule has 0 aromatic rings. The zero-order valence-electron chi connectivity index (χ0n) is 11.5. The summed E-state index contributed by atoms with van der Waals surface area (Å²) < 4.78 is 0. The third kappa shape index (κ3) is 2.49. The molecule has 2 amide bonds. The van der Waals surface area contributed by atoms with E-state index >= 15 is 0 Å². The number of hydrogen-bond acceptors (Lipinski definition) is 2. The van der Waals surface area contributed by atoms with E-state index < -0.39 is 5.91 Å². The Morgan fingerprint density at radius 3 is 2.58 bits per heavy atom. The van der Waals surface area contributed by atoms with Gasteiger partial charge >= 0.3 is 0 Å². The summed E-state index contributed by atoms with van der Waals surface area (Å²) in [7, 11) is 0. The highest BCUT2D eigenvalue weighted by Gasteiger charge is 2.60. The summed E-state index contributed by atoms with van der Waals surface area (Å²) in [4.78, 5) is 22.7. The second kappa shape index (κ2) is 4.80. The average Bonchev–Trinajstić information content (AvgIpc) is 3.09. The lowest BCUT2D eigenvalue weighted by atomic mass is 9.65. The van der Waals surface area contributed by atoms with Gasteiger partial charge in [-0.15, -0.1) is 0 Å². The van der Waals surface area contributed by atoms with Crippen molar-refractivity contribution < 1.29 is 9.59 Å². The normalized spacial score (nSPS) is 40.5. The molecule has 0 aromatic heterocycles. The lowest BCUT2D eigenvalue weighted by Crippen LogP contribution is -2.36. The molecule has 0 radical (unpaired) electrons. The van der Waals surface area contributed by atoms with Crippen LogP contribution in [0.25, 0.3) is 0 Å². The van der Waals surface area contributed by atoms with Gasteiger partial charge in [0.15, 0.2) is 0 Å². The van der Waals surface area contributed by atoms with Gasteiger partial charge in [-0.1, -0.05) is 25.7 Å². The van der Waals surface area contributed by atoms with Crippen LogP contribution in [0.15, 0.2) is 0 Å². The molecule has 0 saturated heterocycles. The molecule has 0 bridgehead atoms. The van der Waals surface area contributed by atoms with Crippen LogP contribution < -0.4 is 11.1 Å². The minimum absolute atomic E-state index is 0.0164.